The summed E-state index contributed by atoms with van der Waals surface area (Å²) >= 11 is 0. The van der Waals surface area contributed by atoms with Crippen LogP contribution >= 0.6 is 0 Å². The minimum absolute atomic E-state index is 0.0754. The highest BCUT2D eigenvalue weighted by molar-refractivity contribution is 7.89. The van der Waals surface area contributed by atoms with E-state index >= 15 is 0 Å². The Morgan fingerprint density at radius 2 is 2.00 bits per heavy atom. The van der Waals surface area contributed by atoms with Crippen molar-refractivity contribution in [2.75, 3.05) is 6.61 Å². The van der Waals surface area contributed by atoms with Crippen LogP contribution in [0.1, 0.15) is 12.8 Å². The van der Waals surface area contributed by atoms with Crippen LogP contribution in [0, 0.1) is 5.92 Å². The molecule has 0 unspecified atom stereocenters. The summed E-state index contributed by atoms with van der Waals surface area (Å²) < 4.78 is 21.1. The van der Waals surface area contributed by atoms with Crippen LogP contribution in [0.3, 0.4) is 0 Å². The van der Waals surface area contributed by atoms with Crippen LogP contribution in [-0.2, 0) is 10.0 Å². The van der Waals surface area contributed by atoms with E-state index in [-0.39, 0.29) is 12.5 Å². The van der Waals surface area contributed by atoms with Gasteiger partial charge in [0.15, 0.2) is 0 Å². The molecule has 0 aliphatic heterocycles. The lowest BCUT2D eigenvalue weighted by Crippen LogP contribution is -2.41. The molecule has 5 heteroatoms. The standard InChI is InChI=1S/C5H11NO3S/c6-10(8,9)5-1-4(2-5)3-7/h4-5,7H,1-3H2,(H2,6,8,9)/t4-,5+. The molecular formula is C5H11NO3S. The molecule has 1 fully saturated rings. The van der Waals surface area contributed by atoms with Crippen molar-refractivity contribution in [2.24, 2.45) is 11.1 Å². The van der Waals surface area contributed by atoms with Gasteiger partial charge in [0.05, 0.1) is 5.25 Å². The number of nitrogens with two attached hydrogens (primary N) is 1. The van der Waals surface area contributed by atoms with Gasteiger partial charge in [0.1, 0.15) is 0 Å². The maximum atomic E-state index is 10.6. The van der Waals surface area contributed by atoms with E-state index in [4.69, 9.17) is 10.2 Å². The Bertz CT molecular complexity index is 205. The van der Waals surface area contributed by atoms with Crippen molar-refractivity contribution in [2.45, 2.75) is 18.1 Å². The highest BCUT2D eigenvalue weighted by Crippen LogP contribution is 2.30. The molecule has 3 N–H and O–H groups in total. The second kappa shape index (κ2) is 2.48. The van der Waals surface area contributed by atoms with Gasteiger partial charge in [0.25, 0.3) is 0 Å². The zero-order valence-corrected chi connectivity index (χ0v) is 6.34. The predicted molar refractivity (Wildman–Crippen MR) is 36.7 cm³/mol. The fourth-order valence-electron chi connectivity index (χ4n) is 1.09. The number of hydrogen-bond donors (Lipinski definition) is 2. The molecule has 0 aromatic carbocycles. The Morgan fingerprint density at radius 3 is 2.30 bits per heavy atom. The van der Waals surface area contributed by atoms with Gasteiger partial charge in [-0.15, -0.1) is 0 Å². The largest absolute Gasteiger partial charge is 0.396 e. The van der Waals surface area contributed by atoms with E-state index in [1.165, 1.54) is 0 Å². The lowest BCUT2D eigenvalue weighted by molar-refractivity contribution is 0.165. The van der Waals surface area contributed by atoms with Crippen LogP contribution in [-0.4, -0.2) is 25.4 Å². The van der Waals surface area contributed by atoms with Crippen LogP contribution in [0.2, 0.25) is 0 Å². The maximum Gasteiger partial charge on any atom is 0.211 e. The average Bonchev–Trinajstić information content (AvgIpc) is 1.57. The summed E-state index contributed by atoms with van der Waals surface area (Å²) in [5.74, 6) is 0.156. The van der Waals surface area contributed by atoms with Gasteiger partial charge >= 0.3 is 0 Å². The molecule has 0 radical (unpaired) electrons. The van der Waals surface area contributed by atoms with Crippen LogP contribution < -0.4 is 5.14 Å². The first-order valence-corrected chi connectivity index (χ1v) is 4.77. The fraction of sp³-hybridized carbons (Fsp3) is 1.00. The van der Waals surface area contributed by atoms with E-state index in [2.05, 4.69) is 0 Å². The molecule has 0 atom stereocenters. The van der Waals surface area contributed by atoms with Crippen LogP contribution in [0.25, 0.3) is 0 Å². The first-order chi connectivity index (χ1) is 4.54. The Balaban J connectivity index is 2.41. The number of primary sulfonamides is 1. The summed E-state index contributed by atoms with van der Waals surface area (Å²) in [5, 5.41) is 13.0. The third-order valence-corrected chi connectivity index (χ3v) is 3.23. The van der Waals surface area contributed by atoms with E-state index in [1.807, 2.05) is 0 Å². The highest BCUT2D eigenvalue weighted by Gasteiger charge is 2.35. The molecule has 60 valence electrons. The molecule has 0 saturated heterocycles. The average molecular weight is 165 g/mol. The molecule has 0 heterocycles. The van der Waals surface area contributed by atoms with Crippen molar-refractivity contribution < 1.29 is 13.5 Å². The molecule has 1 aliphatic rings. The van der Waals surface area contributed by atoms with Gasteiger partial charge < -0.3 is 5.11 Å². The van der Waals surface area contributed by atoms with E-state index in [1.54, 1.807) is 0 Å². The Kier molecular flexibility index (Phi) is 1.98. The van der Waals surface area contributed by atoms with E-state index in [9.17, 15) is 8.42 Å². The van der Waals surface area contributed by atoms with Crippen molar-refractivity contribution >= 4 is 10.0 Å². The normalized spacial score (nSPS) is 33.4. The van der Waals surface area contributed by atoms with Gasteiger partial charge in [-0.1, -0.05) is 0 Å². The van der Waals surface area contributed by atoms with E-state index < -0.39 is 15.3 Å². The van der Waals surface area contributed by atoms with Crippen LogP contribution in [0.5, 0.6) is 0 Å². The molecule has 1 saturated carbocycles. The van der Waals surface area contributed by atoms with Crippen molar-refractivity contribution in [1.82, 2.24) is 0 Å². The summed E-state index contributed by atoms with van der Waals surface area (Å²) in [7, 11) is -3.32. The first-order valence-electron chi connectivity index (χ1n) is 3.16. The summed E-state index contributed by atoms with van der Waals surface area (Å²) in [5.41, 5.74) is 0. The smallest absolute Gasteiger partial charge is 0.211 e. The second-order valence-corrected chi connectivity index (χ2v) is 4.58. The minimum Gasteiger partial charge on any atom is -0.396 e. The van der Waals surface area contributed by atoms with Crippen molar-refractivity contribution in [3.63, 3.8) is 0 Å². The van der Waals surface area contributed by atoms with Gasteiger partial charge in [0.2, 0.25) is 10.0 Å². The second-order valence-electron chi connectivity index (χ2n) is 2.73. The molecule has 1 rings (SSSR count). The Morgan fingerprint density at radius 1 is 1.50 bits per heavy atom. The van der Waals surface area contributed by atoms with Gasteiger partial charge in [-0.25, -0.2) is 13.6 Å². The number of aliphatic hydroxyl groups excluding tert-OH is 1. The zero-order chi connectivity index (χ0) is 7.78. The van der Waals surface area contributed by atoms with Crippen LogP contribution in [0.4, 0.5) is 0 Å². The summed E-state index contributed by atoms with van der Waals surface area (Å²) in [4.78, 5) is 0. The third kappa shape index (κ3) is 1.47. The Labute approximate surface area is 60.1 Å². The minimum atomic E-state index is -3.32. The quantitative estimate of drug-likeness (QED) is 0.553. The van der Waals surface area contributed by atoms with Gasteiger partial charge in [0, 0.05) is 6.61 Å². The first kappa shape index (κ1) is 7.97. The fourth-order valence-corrected chi connectivity index (χ4v) is 2.17. The lowest BCUT2D eigenvalue weighted by atomic mass is 9.86. The molecule has 0 aromatic heterocycles. The van der Waals surface area contributed by atoms with Gasteiger partial charge in [-0.3, -0.25) is 0 Å². The van der Waals surface area contributed by atoms with Crippen molar-refractivity contribution in [3.05, 3.63) is 0 Å². The Hall–Kier alpha value is -0.130. The number of hydrogen-bond acceptors (Lipinski definition) is 3. The highest BCUT2D eigenvalue weighted by atomic mass is 32.2. The molecule has 0 aromatic rings. The topological polar surface area (TPSA) is 80.4 Å². The summed E-state index contributed by atoms with van der Waals surface area (Å²) in [6, 6.07) is 0. The molecule has 1 aliphatic carbocycles. The lowest BCUT2D eigenvalue weighted by Gasteiger charge is -2.31. The molecule has 0 bridgehead atoms. The summed E-state index contributed by atoms with van der Waals surface area (Å²) in [6.07, 6.45) is 1.05. The van der Waals surface area contributed by atoms with Crippen LogP contribution in [0.15, 0.2) is 0 Å². The van der Waals surface area contributed by atoms with E-state index in [0.29, 0.717) is 12.8 Å². The summed E-state index contributed by atoms with van der Waals surface area (Å²) in [6.45, 7) is 0.0754. The number of sulfonamides is 1. The number of rotatable bonds is 2. The van der Waals surface area contributed by atoms with Gasteiger partial charge in [-0.2, -0.15) is 0 Å². The zero-order valence-electron chi connectivity index (χ0n) is 5.53. The molecule has 0 spiro atoms. The molecule has 4 nitrogen and oxygen atoms in total. The SMILES string of the molecule is NS(=O)(=O)[C@H]1C[C@@H](CO)C1. The van der Waals surface area contributed by atoms with E-state index in [0.717, 1.165) is 0 Å². The number of aliphatic hydroxyl groups is 1. The van der Waals surface area contributed by atoms with Gasteiger partial charge in [-0.05, 0) is 18.8 Å². The predicted octanol–water partition coefficient (Wildman–Crippen LogP) is -0.954. The molecule has 0 amide bonds. The third-order valence-electron chi connectivity index (χ3n) is 1.92. The monoisotopic (exact) mass is 165 g/mol. The maximum absolute atomic E-state index is 10.6. The van der Waals surface area contributed by atoms with Crippen molar-refractivity contribution in [3.8, 4) is 0 Å². The van der Waals surface area contributed by atoms with Crippen molar-refractivity contribution in [1.29, 1.82) is 0 Å². The molecule has 10 heavy (non-hydrogen) atoms. The molecular weight excluding hydrogens is 154 g/mol.